The molecule has 0 spiro atoms. The molecule has 1 atom stereocenters. The first kappa shape index (κ1) is 13.3. The lowest BCUT2D eigenvalue weighted by molar-refractivity contribution is -0.116. The van der Waals surface area contributed by atoms with E-state index < -0.39 is 12.0 Å². The van der Waals surface area contributed by atoms with Gasteiger partial charge in [-0.25, -0.2) is 0 Å². The van der Waals surface area contributed by atoms with Crippen molar-refractivity contribution in [1.29, 1.82) is 0 Å². The second kappa shape index (κ2) is 5.54. The van der Waals surface area contributed by atoms with E-state index in [9.17, 15) is 9.90 Å². The largest absolute Gasteiger partial charge is 0.496 e. The molecule has 0 fully saturated rings. The molecule has 94 valence electrons. The van der Waals surface area contributed by atoms with Crippen LogP contribution in [0.5, 0.6) is 5.75 Å². The average molecular weight is 238 g/mol. The Morgan fingerprint density at radius 3 is 2.71 bits per heavy atom. The van der Waals surface area contributed by atoms with E-state index in [-0.39, 0.29) is 6.54 Å². The maximum absolute atomic E-state index is 10.9. The Balaban J connectivity index is 3.18. The molecule has 3 N–H and O–H groups in total. The molecule has 1 aromatic carbocycles. The minimum Gasteiger partial charge on any atom is -0.496 e. The molecule has 0 aliphatic heterocycles. The number of primary amides is 1. The number of ether oxygens (including phenoxy) is 1. The predicted molar refractivity (Wildman–Crippen MR) is 66.1 cm³/mol. The maximum Gasteiger partial charge on any atom is 0.236 e. The number of aliphatic hydroxyl groups excluding tert-OH is 1. The molecule has 0 bridgehead atoms. The number of carbonyl (C=O) groups is 1. The number of rotatable bonds is 5. The van der Waals surface area contributed by atoms with Gasteiger partial charge in [-0.15, -0.1) is 0 Å². The van der Waals surface area contributed by atoms with E-state index in [0.717, 1.165) is 5.69 Å². The number of benzene rings is 1. The van der Waals surface area contributed by atoms with Gasteiger partial charge in [-0.05, 0) is 19.1 Å². The van der Waals surface area contributed by atoms with Gasteiger partial charge in [0.05, 0.1) is 19.8 Å². The summed E-state index contributed by atoms with van der Waals surface area (Å²) in [6.45, 7) is 1.74. The zero-order chi connectivity index (χ0) is 13.0. The summed E-state index contributed by atoms with van der Waals surface area (Å²) >= 11 is 0. The van der Waals surface area contributed by atoms with Gasteiger partial charge < -0.3 is 20.5 Å². The fourth-order valence-corrected chi connectivity index (χ4v) is 1.78. The highest BCUT2D eigenvalue weighted by Crippen LogP contribution is 2.33. The van der Waals surface area contributed by atoms with Crippen molar-refractivity contribution < 1.29 is 14.6 Å². The van der Waals surface area contributed by atoms with Gasteiger partial charge in [0.15, 0.2) is 0 Å². The first-order valence-electron chi connectivity index (χ1n) is 5.31. The van der Waals surface area contributed by atoms with Crippen LogP contribution in [-0.4, -0.2) is 31.7 Å². The van der Waals surface area contributed by atoms with Crippen LogP contribution in [0.25, 0.3) is 0 Å². The van der Waals surface area contributed by atoms with E-state index >= 15 is 0 Å². The van der Waals surface area contributed by atoms with Crippen LogP contribution in [0.4, 0.5) is 5.69 Å². The van der Waals surface area contributed by atoms with Gasteiger partial charge >= 0.3 is 0 Å². The zero-order valence-electron chi connectivity index (χ0n) is 10.3. The molecule has 0 heterocycles. The number of carbonyl (C=O) groups excluding carboxylic acids is 1. The van der Waals surface area contributed by atoms with Crippen molar-refractivity contribution in [3.8, 4) is 5.75 Å². The quantitative estimate of drug-likeness (QED) is 0.790. The standard InChI is InChI=1S/C12H18N2O3/c1-8(15)12-9(14(2)7-11(13)16)5-4-6-10(12)17-3/h4-6,8,15H,7H2,1-3H3,(H2,13,16)/t8-/m0/s1. The Morgan fingerprint density at radius 1 is 1.59 bits per heavy atom. The van der Waals surface area contributed by atoms with Gasteiger partial charge in [0, 0.05) is 18.3 Å². The highest BCUT2D eigenvalue weighted by molar-refractivity contribution is 5.80. The fourth-order valence-electron chi connectivity index (χ4n) is 1.78. The first-order chi connectivity index (χ1) is 7.97. The minimum absolute atomic E-state index is 0.0902. The molecule has 0 aliphatic rings. The van der Waals surface area contributed by atoms with Gasteiger partial charge in [0.1, 0.15) is 5.75 Å². The predicted octanol–water partition coefficient (Wildman–Crippen LogP) is 0.670. The van der Waals surface area contributed by atoms with Gasteiger partial charge in [-0.2, -0.15) is 0 Å². The lowest BCUT2D eigenvalue weighted by atomic mass is 10.1. The maximum atomic E-state index is 10.9. The molecule has 0 saturated carbocycles. The number of nitrogens with two attached hydrogens (primary N) is 1. The molecule has 1 amide bonds. The van der Waals surface area contributed by atoms with Crippen molar-refractivity contribution in [2.24, 2.45) is 5.73 Å². The normalized spacial score (nSPS) is 12.0. The Kier molecular flexibility index (Phi) is 4.34. The average Bonchev–Trinajstić information content (AvgIpc) is 2.26. The third-order valence-electron chi connectivity index (χ3n) is 2.49. The van der Waals surface area contributed by atoms with Gasteiger partial charge in [-0.3, -0.25) is 4.79 Å². The monoisotopic (exact) mass is 238 g/mol. The minimum atomic E-state index is -0.684. The van der Waals surface area contributed by atoms with Crippen LogP contribution in [0.15, 0.2) is 18.2 Å². The SMILES string of the molecule is COc1cccc(N(C)CC(N)=O)c1[C@H](C)O. The Hall–Kier alpha value is -1.75. The first-order valence-corrected chi connectivity index (χ1v) is 5.31. The van der Waals surface area contributed by atoms with Crippen molar-refractivity contribution in [2.75, 3.05) is 25.6 Å². The van der Waals surface area contributed by atoms with Crippen molar-refractivity contribution in [3.05, 3.63) is 23.8 Å². The van der Waals surface area contributed by atoms with Crippen LogP contribution < -0.4 is 15.4 Å². The lowest BCUT2D eigenvalue weighted by Crippen LogP contribution is -2.31. The molecule has 1 aromatic rings. The molecular formula is C12H18N2O3. The van der Waals surface area contributed by atoms with Crippen molar-refractivity contribution in [3.63, 3.8) is 0 Å². The van der Waals surface area contributed by atoms with Crippen LogP contribution in [0.1, 0.15) is 18.6 Å². The van der Waals surface area contributed by atoms with Crippen LogP contribution in [0.3, 0.4) is 0 Å². The second-order valence-corrected chi connectivity index (χ2v) is 3.89. The van der Waals surface area contributed by atoms with E-state index in [2.05, 4.69) is 0 Å². The number of aliphatic hydroxyl groups is 1. The Morgan fingerprint density at radius 2 is 2.24 bits per heavy atom. The number of hydrogen-bond donors (Lipinski definition) is 2. The van der Waals surface area contributed by atoms with Crippen molar-refractivity contribution in [1.82, 2.24) is 0 Å². The van der Waals surface area contributed by atoms with Gasteiger partial charge in [-0.1, -0.05) is 6.07 Å². The zero-order valence-corrected chi connectivity index (χ0v) is 10.3. The highest BCUT2D eigenvalue weighted by atomic mass is 16.5. The van der Waals surface area contributed by atoms with E-state index in [1.165, 1.54) is 0 Å². The Bertz CT molecular complexity index is 405. The summed E-state index contributed by atoms with van der Waals surface area (Å²) in [6.07, 6.45) is -0.684. The summed E-state index contributed by atoms with van der Waals surface area (Å²) in [5, 5.41) is 9.78. The highest BCUT2D eigenvalue weighted by Gasteiger charge is 2.17. The molecule has 17 heavy (non-hydrogen) atoms. The molecule has 0 radical (unpaired) electrons. The lowest BCUT2D eigenvalue weighted by Gasteiger charge is -2.23. The number of nitrogens with zero attached hydrogens (tertiary/aromatic N) is 1. The second-order valence-electron chi connectivity index (χ2n) is 3.89. The topological polar surface area (TPSA) is 75.8 Å². The number of anilines is 1. The van der Waals surface area contributed by atoms with E-state index in [4.69, 9.17) is 10.5 Å². The van der Waals surface area contributed by atoms with E-state index in [0.29, 0.717) is 11.3 Å². The molecule has 0 aromatic heterocycles. The molecule has 5 heteroatoms. The molecule has 1 rings (SSSR count). The Labute approximate surface area is 101 Å². The van der Waals surface area contributed by atoms with Gasteiger partial charge in [0.2, 0.25) is 5.91 Å². The van der Waals surface area contributed by atoms with Crippen LogP contribution in [-0.2, 0) is 4.79 Å². The smallest absolute Gasteiger partial charge is 0.236 e. The summed E-state index contributed by atoms with van der Waals surface area (Å²) in [7, 11) is 3.28. The summed E-state index contributed by atoms with van der Waals surface area (Å²) in [5.74, 6) is 0.167. The summed E-state index contributed by atoms with van der Waals surface area (Å²) in [6, 6.07) is 5.38. The van der Waals surface area contributed by atoms with Crippen molar-refractivity contribution in [2.45, 2.75) is 13.0 Å². The molecule has 5 nitrogen and oxygen atoms in total. The number of methoxy groups -OCH3 is 1. The number of hydrogen-bond acceptors (Lipinski definition) is 4. The van der Waals surface area contributed by atoms with Crippen LogP contribution >= 0.6 is 0 Å². The third kappa shape index (κ3) is 3.10. The van der Waals surface area contributed by atoms with Crippen LogP contribution in [0, 0.1) is 0 Å². The molecule has 0 aliphatic carbocycles. The molecular weight excluding hydrogens is 220 g/mol. The summed E-state index contributed by atoms with van der Waals surface area (Å²) in [4.78, 5) is 12.6. The van der Waals surface area contributed by atoms with Gasteiger partial charge in [0.25, 0.3) is 0 Å². The fraction of sp³-hybridized carbons (Fsp3) is 0.417. The third-order valence-corrected chi connectivity index (χ3v) is 2.49. The van der Waals surface area contributed by atoms with E-state index in [1.54, 1.807) is 38.1 Å². The summed E-state index contributed by atoms with van der Waals surface area (Å²) < 4.78 is 5.20. The molecule has 0 unspecified atom stereocenters. The van der Waals surface area contributed by atoms with Crippen LogP contribution in [0.2, 0.25) is 0 Å². The number of likely N-dealkylation sites (N-methyl/N-ethyl adjacent to an activating group) is 1. The molecule has 0 saturated heterocycles. The van der Waals surface area contributed by atoms with Crippen molar-refractivity contribution >= 4 is 11.6 Å². The van der Waals surface area contributed by atoms with E-state index in [1.807, 2.05) is 6.07 Å². The number of amides is 1. The summed E-state index contributed by atoms with van der Waals surface area (Å²) in [5.41, 5.74) is 6.54.